The van der Waals surface area contributed by atoms with Crippen LogP contribution in [0.15, 0.2) is 122 Å². The molecule has 0 aliphatic heterocycles. The normalized spacial score (nSPS) is 10.3. The monoisotopic (exact) mass is 598 g/mol. The van der Waals surface area contributed by atoms with Crippen LogP contribution in [0, 0.1) is 13.8 Å². The number of benzene rings is 3. The summed E-state index contributed by atoms with van der Waals surface area (Å²) in [4.78, 5) is 0. The molecule has 0 aliphatic carbocycles. The molecule has 182 valence electrons. The first-order valence-corrected chi connectivity index (χ1v) is 11.7. The summed E-state index contributed by atoms with van der Waals surface area (Å²) in [7, 11) is 0. The first kappa shape index (κ1) is 28.7. The van der Waals surface area contributed by atoms with Gasteiger partial charge in [0, 0.05) is 23.5 Å². The first-order chi connectivity index (χ1) is 16.7. The molecule has 0 N–H and O–H groups in total. The van der Waals surface area contributed by atoms with E-state index in [1.165, 1.54) is 55.1 Å². The number of fused-ring (bicyclic) bond motifs is 3. The van der Waals surface area contributed by atoms with Crippen molar-refractivity contribution in [3.05, 3.63) is 133 Å². The van der Waals surface area contributed by atoms with Gasteiger partial charge in [-0.1, -0.05) is 30.3 Å². The van der Waals surface area contributed by atoms with E-state index in [1.54, 1.807) is 0 Å². The van der Waals surface area contributed by atoms with Gasteiger partial charge in [0.2, 0.25) is 0 Å². The zero-order valence-corrected chi connectivity index (χ0v) is 24.7. The fourth-order valence-corrected chi connectivity index (χ4v) is 4.91. The van der Waals surface area contributed by atoms with E-state index in [4.69, 9.17) is 0 Å². The van der Waals surface area contributed by atoms with Gasteiger partial charge in [0.05, 0.1) is 5.52 Å². The second-order valence-electron chi connectivity index (χ2n) is 8.84. The van der Waals surface area contributed by atoms with E-state index in [0.29, 0.717) is 0 Å². The molecule has 2 heterocycles. The Bertz CT molecular complexity index is 1670. The molecule has 7 rings (SSSR count). The Morgan fingerprint density at radius 1 is 0.595 bits per heavy atom. The fraction of sp³-hybridized carbons (Fsp3) is 0.0625. The summed E-state index contributed by atoms with van der Waals surface area (Å²) in [6.45, 7) is 4.41. The van der Waals surface area contributed by atoms with Crippen molar-refractivity contribution >= 4 is 32.4 Å². The van der Waals surface area contributed by atoms with Crippen LogP contribution in [-0.2, 0) is 26.2 Å². The second-order valence-corrected chi connectivity index (χ2v) is 8.84. The number of para-hydroxylation sites is 1. The van der Waals surface area contributed by atoms with E-state index >= 15 is 0 Å². The molecule has 2 aromatic heterocycles. The van der Waals surface area contributed by atoms with Gasteiger partial charge >= 0.3 is 26.2 Å². The van der Waals surface area contributed by atoms with E-state index in [-0.39, 0.29) is 51.0 Å². The molecule has 0 bridgehead atoms. The molecule has 0 atom stereocenters. The van der Waals surface area contributed by atoms with Gasteiger partial charge in [0.25, 0.3) is 0 Å². The number of halogens is 2. The average Bonchev–Trinajstić information content (AvgIpc) is 3.65. The first-order valence-electron chi connectivity index (χ1n) is 11.7. The molecule has 0 radical (unpaired) electrons. The molecule has 2 nitrogen and oxygen atoms in total. The van der Waals surface area contributed by atoms with Gasteiger partial charge in [-0.05, 0) is 49.0 Å². The Morgan fingerprint density at radius 2 is 1.11 bits per heavy atom. The van der Waals surface area contributed by atoms with Crippen LogP contribution in [0.25, 0.3) is 43.8 Å². The predicted octanol–water partition coefficient (Wildman–Crippen LogP) is 2.47. The van der Waals surface area contributed by atoms with Crippen LogP contribution in [-0.4, -0.2) is 9.13 Å². The Morgan fingerprint density at radius 3 is 1.73 bits per heavy atom. The van der Waals surface area contributed by atoms with Crippen LogP contribution in [0.5, 0.6) is 0 Å². The summed E-state index contributed by atoms with van der Waals surface area (Å²) in [5.74, 6) is 0. The molecule has 0 unspecified atom stereocenters. The van der Waals surface area contributed by atoms with E-state index in [0.717, 1.165) is 0 Å². The summed E-state index contributed by atoms with van der Waals surface area (Å²) in [5.41, 5.74) is 6.47. The number of aromatic nitrogens is 2. The van der Waals surface area contributed by atoms with Crippen LogP contribution in [0.1, 0.15) is 11.3 Å². The number of aryl methyl sites for hydroxylation is 1. The smallest absolute Gasteiger partial charge is 1.00 e. The molecule has 0 amide bonds. The van der Waals surface area contributed by atoms with Crippen molar-refractivity contribution in [3.8, 4) is 11.4 Å². The van der Waals surface area contributed by atoms with Crippen molar-refractivity contribution in [1.82, 2.24) is 9.13 Å². The van der Waals surface area contributed by atoms with Crippen molar-refractivity contribution in [2.24, 2.45) is 0 Å². The Kier molecular flexibility index (Phi) is 9.43. The van der Waals surface area contributed by atoms with Crippen LogP contribution in [0.4, 0.5) is 0 Å². The number of hydrogen-bond donors (Lipinski definition) is 0. The van der Waals surface area contributed by atoms with Gasteiger partial charge in [0.1, 0.15) is 0 Å². The zero-order chi connectivity index (χ0) is 23.1. The summed E-state index contributed by atoms with van der Waals surface area (Å²) >= 11 is 0. The van der Waals surface area contributed by atoms with Crippen molar-refractivity contribution in [2.45, 2.75) is 13.8 Å². The summed E-state index contributed by atoms with van der Waals surface area (Å²) in [6, 6.07) is 38.6. The molecular weight excluding hydrogens is 574 g/mol. The third-order valence-corrected chi connectivity index (χ3v) is 6.79. The number of nitrogens with zero attached hydrogens (tertiary/aromatic N) is 2. The van der Waals surface area contributed by atoms with Crippen molar-refractivity contribution in [1.29, 1.82) is 0 Å². The molecular formula is C32H26Cl2N2Zr. The van der Waals surface area contributed by atoms with Crippen LogP contribution in [0.2, 0.25) is 0 Å². The molecule has 7 aromatic rings. The molecule has 0 aliphatic rings. The predicted molar refractivity (Wildman–Crippen MR) is 145 cm³/mol. The minimum absolute atomic E-state index is 0. The van der Waals surface area contributed by atoms with Crippen molar-refractivity contribution in [3.63, 3.8) is 0 Å². The van der Waals surface area contributed by atoms with Gasteiger partial charge in [0.15, 0.2) is 0 Å². The Labute approximate surface area is 249 Å². The standard InChI is InChI=1S/C19H16N.C13H10N.2ClH.Zr/c1-13-14(2)20(19-10-6-5-9-18(13)19)17-11-15-7-3-4-8-16(15)12-17;1-2-6-12-10-13(9-11(12)5-1)14-7-3-4-8-14;;;/h3-12H,1-2H3;1-10H;2*1H;/q2*-1;;;+4/p-2. The Hall–Kier alpha value is -2.84. The van der Waals surface area contributed by atoms with Crippen LogP contribution in [0.3, 0.4) is 0 Å². The quantitative estimate of drug-likeness (QED) is 0.270. The summed E-state index contributed by atoms with van der Waals surface area (Å²) in [5, 5.41) is 6.55. The van der Waals surface area contributed by atoms with Gasteiger partial charge in [-0.25, -0.2) is 0 Å². The maximum absolute atomic E-state index is 2.37. The average molecular weight is 601 g/mol. The molecule has 5 aromatic carbocycles. The second kappa shape index (κ2) is 12.1. The third-order valence-electron chi connectivity index (χ3n) is 6.79. The van der Waals surface area contributed by atoms with Gasteiger partial charge < -0.3 is 33.9 Å². The van der Waals surface area contributed by atoms with Gasteiger partial charge in [-0.15, -0.1) is 82.2 Å². The largest absolute Gasteiger partial charge is 4.00 e. The number of hydrogen-bond acceptors (Lipinski definition) is 0. The number of rotatable bonds is 2. The molecule has 0 spiro atoms. The maximum Gasteiger partial charge on any atom is 4.00 e. The van der Waals surface area contributed by atoms with E-state index in [2.05, 4.69) is 132 Å². The van der Waals surface area contributed by atoms with Gasteiger partial charge in [-0.3, -0.25) is 0 Å². The van der Waals surface area contributed by atoms with Crippen molar-refractivity contribution in [2.75, 3.05) is 0 Å². The SMILES string of the molecule is Cc1c(C)n(-c2cc3ccccc3[cH-]2)c2ccccc12.[Cl-].[Cl-].[Zr+4].c1ccc2[cH-]c(-n3cccc3)cc2c1. The van der Waals surface area contributed by atoms with Crippen LogP contribution >= 0.6 is 0 Å². The molecule has 0 saturated heterocycles. The van der Waals surface area contributed by atoms with Gasteiger partial charge in [-0.2, -0.15) is 0 Å². The Balaban J connectivity index is 0.000000200. The van der Waals surface area contributed by atoms with E-state index < -0.39 is 0 Å². The summed E-state index contributed by atoms with van der Waals surface area (Å²) < 4.78 is 4.49. The molecule has 0 saturated carbocycles. The van der Waals surface area contributed by atoms with Crippen LogP contribution < -0.4 is 24.8 Å². The van der Waals surface area contributed by atoms with Crippen molar-refractivity contribution < 1.29 is 51.0 Å². The fourth-order valence-electron chi connectivity index (χ4n) is 4.91. The minimum atomic E-state index is 0. The third kappa shape index (κ3) is 5.41. The van der Waals surface area contributed by atoms with E-state index in [1.807, 2.05) is 12.1 Å². The maximum atomic E-state index is 2.37. The minimum Gasteiger partial charge on any atom is -1.00 e. The summed E-state index contributed by atoms with van der Waals surface area (Å²) in [6.07, 6.45) is 4.13. The topological polar surface area (TPSA) is 9.86 Å². The zero-order valence-electron chi connectivity index (χ0n) is 20.7. The molecule has 37 heavy (non-hydrogen) atoms. The van der Waals surface area contributed by atoms with E-state index in [9.17, 15) is 0 Å². The molecule has 5 heteroatoms. The molecule has 0 fully saturated rings.